The first-order chi connectivity index (χ1) is 20.2. The quantitative estimate of drug-likeness (QED) is 0.178. The fraction of sp³-hybridized carbons (Fsp3) is 0.469. The summed E-state index contributed by atoms with van der Waals surface area (Å²) in [6, 6.07) is 12.2. The summed E-state index contributed by atoms with van der Waals surface area (Å²) >= 11 is 6.47. The Kier molecular flexibility index (Phi) is 9.48. The maximum absolute atomic E-state index is 14.0. The molecule has 2 aromatic carbocycles. The van der Waals surface area contributed by atoms with E-state index in [1.54, 1.807) is 16.7 Å². The Bertz CT molecular complexity index is 1520. The summed E-state index contributed by atoms with van der Waals surface area (Å²) in [6.45, 7) is 12.7. The van der Waals surface area contributed by atoms with Gasteiger partial charge in [0.25, 0.3) is 0 Å². The average molecular weight is 596 g/mol. The molecule has 0 saturated carbocycles. The van der Waals surface area contributed by atoms with E-state index in [1.165, 1.54) is 17.7 Å². The number of fused-ring (bicyclic) bond motifs is 1. The maximum Gasteiger partial charge on any atom is 0.355 e. The number of carbonyl (C=O) groups is 1. The van der Waals surface area contributed by atoms with E-state index in [2.05, 4.69) is 35.1 Å². The number of ether oxygens (including phenoxy) is 2. The lowest BCUT2D eigenvalue weighted by atomic mass is 9.96. The van der Waals surface area contributed by atoms with Crippen molar-refractivity contribution in [2.45, 2.75) is 53.6 Å². The standard InChI is InChI=1S/C32H39ClFN5O3/c1-21(2)19-41-30-8-5-24(13-27(30)33)16-37-11-9-23(10-12-37)17-38-18-31(35-36-38)39-28-7-6-26(34)14-25(28)15-29(39)32(40)42-20-22(3)4/h5-8,13-15,18,21-23H,9-12,16-17,19-20H2,1-4H3. The summed E-state index contributed by atoms with van der Waals surface area (Å²) in [5.74, 6) is 1.50. The minimum Gasteiger partial charge on any atom is -0.492 e. The second-order valence-corrected chi connectivity index (χ2v) is 12.5. The molecule has 5 rings (SSSR count). The summed E-state index contributed by atoms with van der Waals surface area (Å²) in [4.78, 5) is 15.4. The van der Waals surface area contributed by atoms with Crippen molar-refractivity contribution in [3.05, 3.63) is 70.8 Å². The summed E-state index contributed by atoms with van der Waals surface area (Å²) in [5, 5.41) is 10.0. The Hall–Kier alpha value is -3.43. The number of halogens is 2. The molecular weight excluding hydrogens is 557 g/mol. The Morgan fingerprint density at radius 3 is 2.52 bits per heavy atom. The van der Waals surface area contributed by atoms with Crippen LogP contribution in [0.5, 0.6) is 5.75 Å². The molecule has 42 heavy (non-hydrogen) atoms. The second kappa shape index (κ2) is 13.3. The molecule has 2 aromatic heterocycles. The number of benzene rings is 2. The highest BCUT2D eigenvalue weighted by Crippen LogP contribution is 2.29. The SMILES string of the molecule is CC(C)COC(=O)c1cc2cc(F)ccc2n1-c1cn(CC2CCN(Cc3ccc(OCC(C)C)c(Cl)c3)CC2)nn1. The van der Waals surface area contributed by atoms with Gasteiger partial charge in [0.15, 0.2) is 5.82 Å². The van der Waals surface area contributed by atoms with Gasteiger partial charge in [-0.25, -0.2) is 9.18 Å². The number of esters is 1. The minimum absolute atomic E-state index is 0.198. The van der Waals surface area contributed by atoms with Crippen molar-refractivity contribution >= 4 is 28.5 Å². The molecule has 0 radical (unpaired) electrons. The number of hydrogen-bond donors (Lipinski definition) is 0. The van der Waals surface area contributed by atoms with Crippen molar-refractivity contribution in [1.82, 2.24) is 24.5 Å². The van der Waals surface area contributed by atoms with Crippen LogP contribution < -0.4 is 4.74 Å². The second-order valence-electron chi connectivity index (χ2n) is 12.0. The van der Waals surface area contributed by atoms with Crippen LogP contribution in [0.1, 0.15) is 56.6 Å². The van der Waals surface area contributed by atoms with Gasteiger partial charge in [-0.2, -0.15) is 0 Å². The van der Waals surface area contributed by atoms with Crippen LogP contribution in [0.4, 0.5) is 4.39 Å². The number of rotatable bonds is 11. The molecule has 8 nitrogen and oxygen atoms in total. The molecule has 1 saturated heterocycles. The smallest absolute Gasteiger partial charge is 0.355 e. The molecule has 0 spiro atoms. The first-order valence-corrected chi connectivity index (χ1v) is 15.1. The highest BCUT2D eigenvalue weighted by molar-refractivity contribution is 6.32. The highest BCUT2D eigenvalue weighted by Gasteiger charge is 2.23. The molecule has 0 bridgehead atoms. The fourth-order valence-electron chi connectivity index (χ4n) is 5.25. The average Bonchev–Trinajstić information content (AvgIpc) is 3.56. The van der Waals surface area contributed by atoms with Crippen molar-refractivity contribution < 1.29 is 18.7 Å². The molecule has 0 atom stereocenters. The van der Waals surface area contributed by atoms with Crippen LogP contribution in [-0.4, -0.2) is 56.7 Å². The van der Waals surface area contributed by atoms with Crippen LogP contribution >= 0.6 is 11.6 Å². The lowest BCUT2D eigenvalue weighted by Crippen LogP contribution is -2.34. The van der Waals surface area contributed by atoms with Crippen LogP contribution in [0, 0.1) is 23.6 Å². The predicted octanol–water partition coefficient (Wildman–Crippen LogP) is 6.77. The van der Waals surface area contributed by atoms with E-state index in [-0.39, 0.29) is 11.7 Å². The van der Waals surface area contributed by atoms with Gasteiger partial charge in [0, 0.05) is 18.5 Å². The van der Waals surface area contributed by atoms with Gasteiger partial charge in [0.2, 0.25) is 0 Å². The van der Waals surface area contributed by atoms with Crippen LogP contribution in [-0.2, 0) is 17.8 Å². The molecule has 0 N–H and O–H groups in total. The monoisotopic (exact) mass is 595 g/mol. The van der Waals surface area contributed by atoms with E-state index >= 15 is 0 Å². The van der Waals surface area contributed by atoms with Gasteiger partial charge >= 0.3 is 5.97 Å². The van der Waals surface area contributed by atoms with Crippen LogP contribution in [0.25, 0.3) is 16.7 Å². The van der Waals surface area contributed by atoms with Crippen molar-refractivity contribution in [3.8, 4) is 11.6 Å². The summed E-state index contributed by atoms with van der Waals surface area (Å²) in [6.07, 6.45) is 3.92. The highest BCUT2D eigenvalue weighted by atomic mass is 35.5. The van der Waals surface area contributed by atoms with E-state index in [9.17, 15) is 9.18 Å². The van der Waals surface area contributed by atoms with Crippen LogP contribution in [0.2, 0.25) is 5.02 Å². The lowest BCUT2D eigenvalue weighted by molar-refractivity contribution is 0.0450. The van der Waals surface area contributed by atoms with Crippen molar-refractivity contribution in [1.29, 1.82) is 0 Å². The first kappa shape index (κ1) is 30.0. The van der Waals surface area contributed by atoms with Gasteiger partial charge in [-0.3, -0.25) is 14.1 Å². The van der Waals surface area contributed by atoms with E-state index in [4.69, 9.17) is 21.1 Å². The van der Waals surface area contributed by atoms with Crippen molar-refractivity contribution in [2.24, 2.45) is 17.8 Å². The number of piperidine rings is 1. The third kappa shape index (κ3) is 7.31. The van der Waals surface area contributed by atoms with Gasteiger partial charge in [-0.15, -0.1) is 5.10 Å². The van der Waals surface area contributed by atoms with Gasteiger partial charge in [0.1, 0.15) is 17.3 Å². The number of carbonyl (C=O) groups excluding carboxylic acids is 1. The molecule has 3 heterocycles. The molecular formula is C32H39ClFN5O3. The summed E-state index contributed by atoms with van der Waals surface area (Å²) in [5.41, 5.74) is 2.15. The van der Waals surface area contributed by atoms with Gasteiger partial charge in [0.05, 0.1) is 29.9 Å². The van der Waals surface area contributed by atoms with E-state index in [1.807, 2.05) is 36.9 Å². The van der Waals surface area contributed by atoms with Gasteiger partial charge in [-0.1, -0.05) is 50.6 Å². The van der Waals surface area contributed by atoms with Gasteiger partial charge in [-0.05, 0) is 85.6 Å². The van der Waals surface area contributed by atoms with E-state index in [0.717, 1.165) is 44.8 Å². The fourth-order valence-corrected chi connectivity index (χ4v) is 5.50. The van der Waals surface area contributed by atoms with Crippen molar-refractivity contribution in [2.75, 3.05) is 26.3 Å². The summed E-state index contributed by atoms with van der Waals surface area (Å²) in [7, 11) is 0. The first-order valence-electron chi connectivity index (χ1n) is 14.7. The maximum atomic E-state index is 14.0. The topological polar surface area (TPSA) is 74.4 Å². The lowest BCUT2D eigenvalue weighted by Gasteiger charge is -2.31. The number of likely N-dealkylation sites (tertiary alicyclic amines) is 1. The zero-order valence-electron chi connectivity index (χ0n) is 24.7. The minimum atomic E-state index is -0.471. The molecule has 1 aliphatic heterocycles. The Morgan fingerprint density at radius 1 is 1.05 bits per heavy atom. The molecule has 1 aliphatic rings. The Labute approximate surface area is 251 Å². The van der Waals surface area contributed by atoms with E-state index in [0.29, 0.717) is 52.5 Å². The number of nitrogens with zero attached hydrogens (tertiary/aromatic N) is 5. The third-order valence-electron chi connectivity index (χ3n) is 7.40. The Balaban J connectivity index is 1.21. The number of hydrogen-bond acceptors (Lipinski definition) is 6. The molecule has 224 valence electrons. The van der Waals surface area contributed by atoms with E-state index < -0.39 is 5.97 Å². The van der Waals surface area contributed by atoms with Gasteiger partial charge < -0.3 is 9.47 Å². The molecule has 4 aromatic rings. The summed E-state index contributed by atoms with van der Waals surface area (Å²) < 4.78 is 28.8. The van der Waals surface area contributed by atoms with Crippen LogP contribution in [0.3, 0.4) is 0 Å². The predicted molar refractivity (Wildman–Crippen MR) is 162 cm³/mol. The van der Waals surface area contributed by atoms with Crippen LogP contribution in [0.15, 0.2) is 48.7 Å². The molecule has 0 aliphatic carbocycles. The van der Waals surface area contributed by atoms with Crippen molar-refractivity contribution in [3.63, 3.8) is 0 Å². The number of aromatic nitrogens is 4. The zero-order chi connectivity index (χ0) is 29.8. The largest absolute Gasteiger partial charge is 0.492 e. The zero-order valence-corrected chi connectivity index (χ0v) is 25.5. The molecule has 10 heteroatoms. The third-order valence-corrected chi connectivity index (χ3v) is 7.70. The molecule has 0 amide bonds. The molecule has 0 unspecified atom stereocenters. The Morgan fingerprint density at radius 2 is 1.81 bits per heavy atom. The normalized spacial score (nSPS) is 14.8. The molecule has 1 fully saturated rings.